The van der Waals surface area contributed by atoms with Crippen LogP contribution in [-0.2, 0) is 0 Å². The van der Waals surface area contributed by atoms with Crippen molar-refractivity contribution in [3.63, 3.8) is 0 Å². The van der Waals surface area contributed by atoms with Crippen molar-refractivity contribution < 1.29 is 0 Å². The Morgan fingerprint density at radius 3 is 2.20 bits per heavy atom. The van der Waals surface area contributed by atoms with Gasteiger partial charge in [0.15, 0.2) is 0 Å². The third-order valence-corrected chi connectivity index (χ3v) is 2.65. The Morgan fingerprint density at radius 2 is 1.60 bits per heavy atom. The van der Waals surface area contributed by atoms with Gasteiger partial charge in [0.25, 0.3) is 0 Å². The van der Waals surface area contributed by atoms with Crippen molar-refractivity contribution in [1.29, 1.82) is 0 Å². The Morgan fingerprint density at radius 1 is 1.00 bits per heavy atom. The van der Waals surface area contributed by atoms with Crippen LogP contribution in [0.15, 0.2) is 64.7 Å². The molecule has 0 aromatic heterocycles. The van der Waals surface area contributed by atoms with Gasteiger partial charge in [-0.1, -0.05) is 54.6 Å². The summed E-state index contributed by atoms with van der Waals surface area (Å²) in [6.07, 6.45) is 1.70. The summed E-state index contributed by atoms with van der Waals surface area (Å²) in [7, 11) is 1.60. The highest BCUT2D eigenvalue weighted by atomic mass is 35.5. The summed E-state index contributed by atoms with van der Waals surface area (Å²) in [5, 5.41) is 3.98. The van der Waals surface area contributed by atoms with E-state index in [-0.39, 0.29) is 18.4 Å². The Balaban J connectivity index is 0.00000200. The number of hydrogen-bond donors (Lipinski definition) is 2. The Bertz CT molecular complexity index is 577. The van der Waals surface area contributed by atoms with Crippen molar-refractivity contribution in [3.05, 3.63) is 60.2 Å². The molecule has 3 N–H and O–H groups in total. The number of nitrogens with zero attached hydrogens (tertiary/aromatic N) is 2. The monoisotopic (exact) mass is 288 g/mol. The molecule has 0 aliphatic carbocycles. The Labute approximate surface area is 124 Å². The van der Waals surface area contributed by atoms with E-state index < -0.39 is 0 Å². The first kappa shape index (κ1) is 15.7. The maximum atomic E-state index is 5.46. The maximum Gasteiger partial charge on any atom is 0.209 e. The minimum atomic E-state index is 0. The molecular weight excluding hydrogens is 272 g/mol. The molecule has 2 aromatic rings. The van der Waals surface area contributed by atoms with Crippen LogP contribution in [0.3, 0.4) is 0 Å². The zero-order valence-corrected chi connectivity index (χ0v) is 12.0. The smallest absolute Gasteiger partial charge is 0.209 e. The highest BCUT2D eigenvalue weighted by Crippen LogP contribution is 2.18. The van der Waals surface area contributed by atoms with Gasteiger partial charge >= 0.3 is 0 Å². The zero-order valence-electron chi connectivity index (χ0n) is 11.2. The van der Waals surface area contributed by atoms with Gasteiger partial charge < -0.3 is 5.73 Å². The first-order valence-electron chi connectivity index (χ1n) is 5.96. The van der Waals surface area contributed by atoms with Crippen LogP contribution >= 0.6 is 12.4 Å². The summed E-state index contributed by atoms with van der Waals surface area (Å²) in [5.41, 5.74) is 11.5. The number of aliphatic imine (C=N–C) groups is 1. The molecule has 0 spiro atoms. The van der Waals surface area contributed by atoms with Crippen LogP contribution in [0.5, 0.6) is 0 Å². The van der Waals surface area contributed by atoms with Crippen molar-refractivity contribution in [2.24, 2.45) is 15.8 Å². The molecule has 4 nitrogen and oxygen atoms in total. The Kier molecular flexibility index (Phi) is 6.26. The molecule has 0 radical (unpaired) electrons. The van der Waals surface area contributed by atoms with Crippen LogP contribution in [0.4, 0.5) is 0 Å². The average Bonchev–Trinajstić information content (AvgIpc) is 2.48. The normalized spacial score (nSPS) is 11.2. The predicted octanol–water partition coefficient (Wildman–Crippen LogP) is 2.64. The quantitative estimate of drug-likeness (QED) is 0.518. The molecule has 0 saturated carbocycles. The fraction of sp³-hybridized carbons (Fsp3) is 0.0667. The summed E-state index contributed by atoms with van der Waals surface area (Å²) >= 11 is 0. The van der Waals surface area contributed by atoms with Crippen molar-refractivity contribution in [3.8, 4) is 11.1 Å². The summed E-state index contributed by atoms with van der Waals surface area (Å²) in [5.74, 6) is 0.289. The lowest BCUT2D eigenvalue weighted by Crippen LogP contribution is -2.26. The van der Waals surface area contributed by atoms with Crippen LogP contribution in [0.25, 0.3) is 11.1 Å². The first-order valence-corrected chi connectivity index (χ1v) is 5.96. The minimum Gasteiger partial charge on any atom is -0.369 e. The second-order valence-electron chi connectivity index (χ2n) is 3.97. The molecule has 0 bridgehead atoms. The van der Waals surface area contributed by atoms with E-state index in [0.29, 0.717) is 0 Å². The third kappa shape index (κ3) is 4.40. The van der Waals surface area contributed by atoms with Gasteiger partial charge in [-0.05, 0) is 16.7 Å². The van der Waals surface area contributed by atoms with E-state index in [9.17, 15) is 0 Å². The number of hydrazone groups is 1. The number of hydrogen-bond acceptors (Lipinski definition) is 2. The van der Waals surface area contributed by atoms with E-state index in [0.717, 1.165) is 5.56 Å². The van der Waals surface area contributed by atoms with Gasteiger partial charge in [0.2, 0.25) is 5.96 Å². The highest BCUT2D eigenvalue weighted by molar-refractivity contribution is 5.85. The van der Waals surface area contributed by atoms with Crippen LogP contribution in [0.1, 0.15) is 5.56 Å². The molecule has 0 amide bonds. The number of nitrogens with one attached hydrogen (secondary N) is 1. The number of halogens is 1. The van der Waals surface area contributed by atoms with Crippen LogP contribution < -0.4 is 11.2 Å². The van der Waals surface area contributed by atoms with Crippen molar-refractivity contribution in [2.75, 3.05) is 7.05 Å². The molecule has 0 atom stereocenters. The van der Waals surface area contributed by atoms with Gasteiger partial charge in [-0.3, -0.25) is 4.99 Å². The summed E-state index contributed by atoms with van der Waals surface area (Å²) in [6.45, 7) is 0. The summed E-state index contributed by atoms with van der Waals surface area (Å²) in [6, 6.07) is 18.4. The molecule has 104 valence electrons. The lowest BCUT2D eigenvalue weighted by atomic mass is 10.0. The molecule has 2 rings (SSSR count). The van der Waals surface area contributed by atoms with E-state index in [4.69, 9.17) is 5.73 Å². The number of benzene rings is 2. The molecule has 0 unspecified atom stereocenters. The molecule has 20 heavy (non-hydrogen) atoms. The SMILES string of the molecule is CN=C(N)N/N=C/c1ccc(-c2ccccc2)cc1.Cl. The first-order chi connectivity index (χ1) is 9.29. The molecule has 5 heteroatoms. The standard InChI is InChI=1S/C15H16N4.ClH/c1-17-15(16)19-18-11-12-7-9-14(10-8-12)13-5-3-2-4-6-13;/h2-11H,1H3,(H3,16,17,19);1H/b18-11+;. The van der Waals surface area contributed by atoms with E-state index in [1.807, 2.05) is 30.3 Å². The van der Waals surface area contributed by atoms with Gasteiger partial charge in [-0.2, -0.15) is 5.10 Å². The zero-order chi connectivity index (χ0) is 13.5. The van der Waals surface area contributed by atoms with Gasteiger partial charge in [0.1, 0.15) is 0 Å². The maximum absolute atomic E-state index is 5.46. The van der Waals surface area contributed by atoms with Crippen molar-refractivity contribution in [1.82, 2.24) is 5.43 Å². The second-order valence-corrected chi connectivity index (χ2v) is 3.97. The van der Waals surface area contributed by atoms with Gasteiger partial charge in [0.05, 0.1) is 6.21 Å². The predicted molar refractivity (Wildman–Crippen MR) is 87.4 cm³/mol. The molecule has 0 saturated heterocycles. The number of nitrogens with two attached hydrogens (primary N) is 1. The molecule has 0 fully saturated rings. The second kappa shape index (κ2) is 7.96. The minimum absolute atomic E-state index is 0. The average molecular weight is 289 g/mol. The van der Waals surface area contributed by atoms with E-state index in [2.05, 4.69) is 39.8 Å². The lowest BCUT2D eigenvalue weighted by molar-refractivity contribution is 1.01. The Hall–Kier alpha value is -2.33. The van der Waals surface area contributed by atoms with Gasteiger partial charge in [0, 0.05) is 7.05 Å². The van der Waals surface area contributed by atoms with Gasteiger partial charge in [-0.15, -0.1) is 12.4 Å². The molecule has 0 aliphatic rings. The fourth-order valence-corrected chi connectivity index (χ4v) is 1.62. The summed E-state index contributed by atoms with van der Waals surface area (Å²) in [4.78, 5) is 3.74. The van der Waals surface area contributed by atoms with Crippen LogP contribution in [0, 0.1) is 0 Å². The topological polar surface area (TPSA) is 62.8 Å². The largest absolute Gasteiger partial charge is 0.369 e. The lowest BCUT2D eigenvalue weighted by Gasteiger charge is -2.01. The van der Waals surface area contributed by atoms with Crippen LogP contribution in [-0.4, -0.2) is 19.2 Å². The highest BCUT2D eigenvalue weighted by Gasteiger charge is 1.95. The molecular formula is C15H17ClN4. The van der Waals surface area contributed by atoms with Gasteiger partial charge in [-0.25, -0.2) is 5.43 Å². The van der Waals surface area contributed by atoms with E-state index in [1.54, 1.807) is 13.3 Å². The third-order valence-electron chi connectivity index (χ3n) is 2.65. The number of guanidine groups is 1. The van der Waals surface area contributed by atoms with E-state index in [1.165, 1.54) is 11.1 Å². The molecule has 0 heterocycles. The van der Waals surface area contributed by atoms with Crippen LogP contribution in [0.2, 0.25) is 0 Å². The molecule has 2 aromatic carbocycles. The molecule has 0 aliphatic heterocycles. The van der Waals surface area contributed by atoms with E-state index >= 15 is 0 Å². The number of rotatable bonds is 3. The fourth-order valence-electron chi connectivity index (χ4n) is 1.62. The summed E-state index contributed by atoms with van der Waals surface area (Å²) < 4.78 is 0. The van der Waals surface area contributed by atoms with Crippen molar-refractivity contribution in [2.45, 2.75) is 0 Å². The van der Waals surface area contributed by atoms with Crippen molar-refractivity contribution >= 4 is 24.6 Å².